The number of nitrogens with one attached hydrogen (secondary N) is 1. The first-order valence-electron chi connectivity index (χ1n) is 13.1. The molecule has 4 atom stereocenters. The van der Waals surface area contributed by atoms with Crippen LogP contribution in [0, 0.1) is 5.92 Å². The lowest BCUT2D eigenvalue weighted by atomic mass is 10.1. The molecule has 2 N–H and O–H groups in total. The van der Waals surface area contributed by atoms with Crippen LogP contribution in [-0.2, 0) is 29.1 Å². The molecule has 10 nitrogen and oxygen atoms in total. The molecule has 3 fully saturated rings. The Bertz CT molecular complexity index is 1490. The zero-order valence-corrected chi connectivity index (χ0v) is 21.3. The SMILES string of the molecule is O[C@@H]1CO[C@H]2[C@@H]1OC[C@H]2Oc1nc2nc(-c3ccc(N4Cc5cn(CC6CC6)nc5C4)cc3)c(Cl)cc2[nH]1. The van der Waals surface area contributed by atoms with E-state index in [1.165, 1.54) is 24.1 Å². The molecule has 0 amide bonds. The lowest BCUT2D eigenvalue weighted by molar-refractivity contribution is 0.00706. The maximum absolute atomic E-state index is 9.95. The summed E-state index contributed by atoms with van der Waals surface area (Å²) in [5.74, 6) is 0.824. The highest BCUT2D eigenvalue weighted by Gasteiger charge is 2.48. The van der Waals surface area contributed by atoms with Crippen molar-refractivity contribution < 1.29 is 19.3 Å². The number of halogens is 1. The number of anilines is 1. The summed E-state index contributed by atoms with van der Waals surface area (Å²) < 4.78 is 19.4. The number of ether oxygens (including phenoxy) is 3. The number of fused-ring (bicyclic) bond motifs is 3. The lowest BCUT2D eigenvalue weighted by Crippen LogP contribution is -2.34. The Labute approximate surface area is 223 Å². The molecule has 4 aliphatic rings. The molecule has 2 saturated heterocycles. The van der Waals surface area contributed by atoms with E-state index in [0.29, 0.717) is 34.5 Å². The third kappa shape index (κ3) is 3.94. The average Bonchev–Trinajstić information content (AvgIpc) is 3.27. The van der Waals surface area contributed by atoms with E-state index >= 15 is 0 Å². The van der Waals surface area contributed by atoms with Gasteiger partial charge in [-0.1, -0.05) is 23.7 Å². The second-order valence-electron chi connectivity index (χ2n) is 10.7. The molecule has 1 aliphatic carbocycles. The Balaban J connectivity index is 0.982. The highest BCUT2D eigenvalue weighted by Crippen LogP contribution is 2.35. The summed E-state index contributed by atoms with van der Waals surface area (Å²) in [6, 6.07) is 10.4. The van der Waals surface area contributed by atoms with Crippen molar-refractivity contribution in [2.45, 2.75) is 56.9 Å². The average molecular weight is 535 g/mol. The van der Waals surface area contributed by atoms with Crippen molar-refractivity contribution >= 4 is 28.5 Å². The fraction of sp³-hybridized carbons (Fsp3) is 0.444. The van der Waals surface area contributed by atoms with Gasteiger partial charge in [-0.2, -0.15) is 10.1 Å². The molecule has 0 spiro atoms. The molecule has 0 radical (unpaired) electrons. The number of aliphatic hydroxyl groups excluding tert-OH is 1. The van der Waals surface area contributed by atoms with Crippen LogP contribution < -0.4 is 9.64 Å². The number of aromatic amines is 1. The predicted octanol–water partition coefficient (Wildman–Crippen LogP) is 3.31. The van der Waals surface area contributed by atoms with Gasteiger partial charge in [0.1, 0.15) is 18.3 Å². The molecule has 3 aromatic heterocycles. The van der Waals surface area contributed by atoms with Crippen molar-refractivity contribution in [3.05, 3.63) is 52.8 Å². The number of hydrogen-bond acceptors (Lipinski definition) is 8. The normalized spacial score (nSPS) is 26.3. The van der Waals surface area contributed by atoms with Crippen LogP contribution in [0.1, 0.15) is 24.1 Å². The Morgan fingerprint density at radius 1 is 1.08 bits per heavy atom. The largest absolute Gasteiger partial charge is 0.456 e. The monoisotopic (exact) mass is 534 g/mol. The minimum Gasteiger partial charge on any atom is -0.456 e. The van der Waals surface area contributed by atoms with Crippen LogP contribution in [0.5, 0.6) is 6.01 Å². The first kappa shape index (κ1) is 22.8. The fourth-order valence-corrected chi connectivity index (χ4v) is 5.98. The summed E-state index contributed by atoms with van der Waals surface area (Å²) in [4.78, 5) is 14.7. The smallest absolute Gasteiger partial charge is 0.296 e. The molecule has 6 heterocycles. The first-order chi connectivity index (χ1) is 18.6. The van der Waals surface area contributed by atoms with Gasteiger partial charge in [-0.15, -0.1) is 0 Å². The van der Waals surface area contributed by atoms with Crippen LogP contribution in [0.4, 0.5) is 5.69 Å². The van der Waals surface area contributed by atoms with E-state index in [9.17, 15) is 5.11 Å². The first-order valence-corrected chi connectivity index (χ1v) is 13.5. The molecular weight excluding hydrogens is 508 g/mol. The predicted molar refractivity (Wildman–Crippen MR) is 139 cm³/mol. The minimum atomic E-state index is -0.628. The number of pyridine rings is 1. The van der Waals surface area contributed by atoms with Crippen LogP contribution in [-0.4, -0.2) is 67.5 Å². The summed E-state index contributed by atoms with van der Waals surface area (Å²) in [5.41, 5.74) is 6.41. The van der Waals surface area contributed by atoms with Gasteiger partial charge in [0.05, 0.1) is 41.7 Å². The third-order valence-corrected chi connectivity index (χ3v) is 8.21. The van der Waals surface area contributed by atoms with E-state index in [2.05, 4.69) is 37.9 Å². The summed E-state index contributed by atoms with van der Waals surface area (Å²) >= 11 is 6.63. The van der Waals surface area contributed by atoms with Crippen LogP contribution >= 0.6 is 11.6 Å². The number of aromatic nitrogens is 5. The van der Waals surface area contributed by atoms with Gasteiger partial charge in [0, 0.05) is 36.1 Å². The molecule has 1 saturated carbocycles. The Morgan fingerprint density at radius 2 is 1.92 bits per heavy atom. The second kappa shape index (κ2) is 8.67. The van der Waals surface area contributed by atoms with Gasteiger partial charge in [-0.3, -0.25) is 4.68 Å². The number of aliphatic hydroxyl groups is 1. The van der Waals surface area contributed by atoms with Gasteiger partial charge in [0.25, 0.3) is 6.01 Å². The Kier molecular flexibility index (Phi) is 5.20. The van der Waals surface area contributed by atoms with Gasteiger partial charge >= 0.3 is 0 Å². The molecule has 4 aromatic rings. The molecule has 8 rings (SSSR count). The van der Waals surface area contributed by atoms with Crippen molar-refractivity contribution in [1.82, 2.24) is 24.7 Å². The van der Waals surface area contributed by atoms with Crippen LogP contribution in [0.3, 0.4) is 0 Å². The van der Waals surface area contributed by atoms with Crippen molar-refractivity contribution in [2.75, 3.05) is 18.1 Å². The Hall–Kier alpha value is -3.18. The van der Waals surface area contributed by atoms with Crippen molar-refractivity contribution in [2.24, 2.45) is 5.92 Å². The summed E-state index contributed by atoms with van der Waals surface area (Å²) in [5, 5.41) is 15.3. The van der Waals surface area contributed by atoms with Crippen LogP contribution in [0.15, 0.2) is 36.5 Å². The highest BCUT2D eigenvalue weighted by molar-refractivity contribution is 6.33. The van der Waals surface area contributed by atoms with E-state index < -0.39 is 6.10 Å². The van der Waals surface area contributed by atoms with Gasteiger partial charge in [-0.25, -0.2) is 4.98 Å². The van der Waals surface area contributed by atoms with E-state index in [4.69, 9.17) is 35.9 Å². The number of benzene rings is 1. The molecule has 196 valence electrons. The zero-order valence-electron chi connectivity index (χ0n) is 20.6. The van der Waals surface area contributed by atoms with Crippen molar-refractivity contribution in [3.63, 3.8) is 0 Å². The maximum atomic E-state index is 9.95. The van der Waals surface area contributed by atoms with E-state index in [1.807, 2.05) is 18.2 Å². The topological polar surface area (TPSA) is 111 Å². The molecule has 1 aromatic carbocycles. The van der Waals surface area contributed by atoms with Gasteiger partial charge in [-0.05, 0) is 37.0 Å². The zero-order chi connectivity index (χ0) is 25.4. The number of imidazole rings is 1. The lowest BCUT2D eigenvalue weighted by Gasteiger charge is -2.18. The van der Waals surface area contributed by atoms with Gasteiger partial charge < -0.3 is 29.2 Å². The second-order valence-corrected chi connectivity index (χ2v) is 11.1. The summed E-state index contributed by atoms with van der Waals surface area (Å²) in [7, 11) is 0. The summed E-state index contributed by atoms with van der Waals surface area (Å²) in [6.45, 7) is 3.33. The molecular formula is C27H27ClN6O4. The van der Waals surface area contributed by atoms with Crippen LogP contribution in [0.25, 0.3) is 22.4 Å². The van der Waals surface area contributed by atoms with Gasteiger partial charge in [0.15, 0.2) is 11.8 Å². The van der Waals surface area contributed by atoms with E-state index in [1.54, 1.807) is 0 Å². The molecule has 0 bridgehead atoms. The van der Waals surface area contributed by atoms with Crippen LogP contribution in [0.2, 0.25) is 5.02 Å². The Morgan fingerprint density at radius 3 is 2.74 bits per heavy atom. The van der Waals surface area contributed by atoms with E-state index in [0.717, 1.165) is 36.8 Å². The molecule has 11 heteroatoms. The number of nitrogens with zero attached hydrogens (tertiary/aromatic N) is 5. The quantitative estimate of drug-likeness (QED) is 0.388. The molecule has 3 aliphatic heterocycles. The van der Waals surface area contributed by atoms with E-state index in [-0.39, 0.29) is 24.9 Å². The minimum absolute atomic E-state index is 0.248. The highest BCUT2D eigenvalue weighted by atomic mass is 35.5. The molecule has 38 heavy (non-hydrogen) atoms. The standard InChI is InChI=1S/C27H27ClN6O4/c28-18-7-19-26(31-27(29-19)38-22-13-37-24-21(35)12-36-25(22)24)30-23(18)15-3-5-17(6-4-15)33-9-16-10-34(8-14-1-2-14)32-20(16)11-33/h3-7,10,14,21-22,24-25,35H,1-2,8-9,11-13H2,(H,29,30,31)/t21-,22-,24-,25-/m1/s1. The number of hydrogen-bond donors (Lipinski definition) is 2. The summed E-state index contributed by atoms with van der Waals surface area (Å²) in [6.07, 6.45) is 3.22. The van der Waals surface area contributed by atoms with Crippen molar-refractivity contribution in [3.8, 4) is 17.3 Å². The van der Waals surface area contributed by atoms with Crippen molar-refractivity contribution in [1.29, 1.82) is 0 Å². The number of rotatable bonds is 6. The number of H-pyrrole nitrogens is 1. The van der Waals surface area contributed by atoms with Gasteiger partial charge in [0.2, 0.25) is 0 Å². The maximum Gasteiger partial charge on any atom is 0.296 e. The molecule has 0 unspecified atom stereocenters. The fourth-order valence-electron chi connectivity index (χ4n) is 5.72. The third-order valence-electron chi connectivity index (χ3n) is 7.92.